The molecule has 0 N–H and O–H groups in total. The molecule has 4 nitrogen and oxygen atoms in total. The fourth-order valence-electron chi connectivity index (χ4n) is 2.25. The van der Waals surface area contributed by atoms with Crippen molar-refractivity contribution in [2.24, 2.45) is 4.99 Å². The topological polar surface area (TPSA) is 62.4 Å². The predicted molar refractivity (Wildman–Crippen MR) is 101 cm³/mol. The third kappa shape index (κ3) is 4.43. The van der Waals surface area contributed by atoms with Crippen molar-refractivity contribution >= 4 is 17.9 Å². The molecule has 0 aliphatic rings. The maximum atomic E-state index is 12.2. The fraction of sp³-hybridized carbons (Fsp3) is 0.0455. The number of aliphatic imine (C=N–C) groups is 1. The van der Waals surface area contributed by atoms with Crippen molar-refractivity contribution in [1.29, 1.82) is 5.26 Å². The Labute approximate surface area is 152 Å². The van der Waals surface area contributed by atoms with Crippen molar-refractivity contribution in [2.75, 3.05) is 0 Å². The van der Waals surface area contributed by atoms with E-state index in [1.807, 2.05) is 19.1 Å². The lowest BCUT2D eigenvalue weighted by atomic mass is 10.1. The zero-order valence-corrected chi connectivity index (χ0v) is 14.2. The van der Waals surface area contributed by atoms with E-state index in [1.54, 1.807) is 66.9 Å². The maximum absolute atomic E-state index is 12.2. The second kappa shape index (κ2) is 7.91. The van der Waals surface area contributed by atoms with Gasteiger partial charge < -0.3 is 4.74 Å². The zero-order valence-electron chi connectivity index (χ0n) is 14.2. The fourth-order valence-corrected chi connectivity index (χ4v) is 2.25. The van der Waals surface area contributed by atoms with Crippen LogP contribution < -0.4 is 4.74 Å². The molecule has 0 atom stereocenters. The third-order valence-electron chi connectivity index (χ3n) is 3.74. The zero-order chi connectivity index (χ0) is 18.4. The van der Waals surface area contributed by atoms with Gasteiger partial charge in [-0.3, -0.25) is 4.99 Å². The molecule has 0 radical (unpaired) electrons. The van der Waals surface area contributed by atoms with Crippen molar-refractivity contribution < 1.29 is 9.53 Å². The molecule has 0 unspecified atom stereocenters. The number of hydrogen-bond acceptors (Lipinski definition) is 4. The van der Waals surface area contributed by atoms with Crippen LogP contribution in [-0.4, -0.2) is 12.2 Å². The Bertz CT molecular complexity index is 965. The smallest absolute Gasteiger partial charge is 0.343 e. The van der Waals surface area contributed by atoms with Crippen molar-refractivity contribution in [3.05, 3.63) is 95.1 Å². The summed E-state index contributed by atoms with van der Waals surface area (Å²) in [6.45, 7) is 1.98. The molecule has 0 bridgehead atoms. The van der Waals surface area contributed by atoms with Crippen LogP contribution in [0.4, 0.5) is 5.69 Å². The lowest BCUT2D eigenvalue weighted by molar-refractivity contribution is 0.0734. The van der Waals surface area contributed by atoms with Crippen LogP contribution in [0.15, 0.2) is 77.8 Å². The van der Waals surface area contributed by atoms with Crippen molar-refractivity contribution in [1.82, 2.24) is 0 Å². The number of aryl methyl sites for hydroxylation is 1. The van der Waals surface area contributed by atoms with Gasteiger partial charge in [0.15, 0.2) is 0 Å². The molecule has 26 heavy (non-hydrogen) atoms. The van der Waals surface area contributed by atoms with Crippen LogP contribution in [0.25, 0.3) is 0 Å². The van der Waals surface area contributed by atoms with Gasteiger partial charge in [-0.2, -0.15) is 5.26 Å². The standard InChI is InChI=1S/C22H16N2O2/c1-16-2-12-21(13-3-16)26-22(25)19-8-4-18(5-9-19)15-24-20-10-6-17(14-23)7-11-20/h2-13,15H,1H3. The normalized spacial score (nSPS) is 10.5. The Balaban J connectivity index is 1.65. The molecule has 0 amide bonds. The van der Waals surface area contributed by atoms with Gasteiger partial charge in [0, 0.05) is 6.21 Å². The number of carbonyl (C=O) groups excluding carboxylic acids is 1. The average molecular weight is 340 g/mol. The molecule has 126 valence electrons. The number of esters is 1. The van der Waals surface area contributed by atoms with E-state index in [0.29, 0.717) is 16.9 Å². The highest BCUT2D eigenvalue weighted by Crippen LogP contribution is 2.15. The molecule has 3 aromatic carbocycles. The Morgan fingerprint density at radius 1 is 0.962 bits per heavy atom. The van der Waals surface area contributed by atoms with Crippen molar-refractivity contribution in [3.63, 3.8) is 0 Å². The van der Waals surface area contributed by atoms with Crippen LogP contribution in [0.2, 0.25) is 0 Å². The molecular weight excluding hydrogens is 324 g/mol. The van der Waals surface area contributed by atoms with E-state index >= 15 is 0 Å². The highest BCUT2D eigenvalue weighted by Gasteiger charge is 2.08. The molecule has 0 spiro atoms. The number of carbonyl (C=O) groups is 1. The van der Waals surface area contributed by atoms with Gasteiger partial charge in [-0.1, -0.05) is 29.8 Å². The molecule has 0 aliphatic heterocycles. The molecule has 4 heteroatoms. The first-order valence-corrected chi connectivity index (χ1v) is 8.07. The average Bonchev–Trinajstić information content (AvgIpc) is 2.69. The van der Waals surface area contributed by atoms with Gasteiger partial charge in [0.1, 0.15) is 5.75 Å². The quantitative estimate of drug-likeness (QED) is 0.388. The summed E-state index contributed by atoms with van der Waals surface area (Å²) in [5.74, 6) is 0.122. The molecule has 0 aromatic heterocycles. The molecule has 3 aromatic rings. The maximum Gasteiger partial charge on any atom is 0.343 e. The van der Waals surface area contributed by atoms with E-state index in [-0.39, 0.29) is 0 Å². The summed E-state index contributed by atoms with van der Waals surface area (Å²) in [7, 11) is 0. The minimum atomic E-state index is -0.399. The van der Waals surface area contributed by atoms with E-state index in [2.05, 4.69) is 11.1 Å². The molecule has 0 saturated carbocycles. The van der Waals surface area contributed by atoms with Crippen LogP contribution in [0.3, 0.4) is 0 Å². The SMILES string of the molecule is Cc1ccc(OC(=O)c2ccc(C=Nc3ccc(C#N)cc3)cc2)cc1. The molecule has 0 fully saturated rings. The monoisotopic (exact) mass is 340 g/mol. The highest BCUT2D eigenvalue weighted by molar-refractivity contribution is 5.92. The van der Waals surface area contributed by atoms with Gasteiger partial charge in [0.2, 0.25) is 0 Å². The Hall–Kier alpha value is -3.71. The summed E-state index contributed by atoms with van der Waals surface area (Å²) in [6, 6.07) is 23.4. The first-order valence-electron chi connectivity index (χ1n) is 8.07. The summed E-state index contributed by atoms with van der Waals surface area (Å²) in [4.78, 5) is 16.5. The first kappa shape index (κ1) is 17.1. The molecule has 0 saturated heterocycles. The number of nitrogens with zero attached hydrogens (tertiary/aromatic N) is 2. The predicted octanol–water partition coefficient (Wildman–Crippen LogP) is 4.84. The van der Waals surface area contributed by atoms with Crippen LogP contribution in [0.5, 0.6) is 5.75 Å². The lowest BCUT2D eigenvalue weighted by Gasteiger charge is -2.05. The Morgan fingerprint density at radius 2 is 1.62 bits per heavy atom. The second-order valence-corrected chi connectivity index (χ2v) is 5.74. The largest absolute Gasteiger partial charge is 0.423 e. The lowest BCUT2D eigenvalue weighted by Crippen LogP contribution is -2.08. The second-order valence-electron chi connectivity index (χ2n) is 5.74. The minimum Gasteiger partial charge on any atom is -0.423 e. The number of ether oxygens (including phenoxy) is 1. The van der Waals surface area contributed by atoms with Crippen LogP contribution in [-0.2, 0) is 0 Å². The highest BCUT2D eigenvalue weighted by atomic mass is 16.5. The van der Waals surface area contributed by atoms with Gasteiger partial charge in [-0.25, -0.2) is 4.79 Å². The Morgan fingerprint density at radius 3 is 2.23 bits per heavy atom. The number of benzene rings is 3. The van der Waals surface area contributed by atoms with Gasteiger partial charge in [0.05, 0.1) is 22.9 Å². The molecule has 3 rings (SSSR count). The van der Waals surface area contributed by atoms with Crippen molar-refractivity contribution in [3.8, 4) is 11.8 Å². The number of hydrogen-bond donors (Lipinski definition) is 0. The van der Waals surface area contributed by atoms with Gasteiger partial charge >= 0.3 is 5.97 Å². The summed E-state index contributed by atoms with van der Waals surface area (Å²) in [5.41, 5.74) is 3.80. The number of rotatable bonds is 4. The van der Waals surface area contributed by atoms with Crippen LogP contribution >= 0.6 is 0 Å². The molecule has 0 heterocycles. The van der Waals surface area contributed by atoms with E-state index < -0.39 is 5.97 Å². The summed E-state index contributed by atoms with van der Waals surface area (Å²) in [6.07, 6.45) is 1.70. The van der Waals surface area contributed by atoms with Crippen LogP contribution in [0, 0.1) is 18.3 Å². The van der Waals surface area contributed by atoms with E-state index in [4.69, 9.17) is 10.00 Å². The van der Waals surface area contributed by atoms with Gasteiger partial charge in [-0.05, 0) is 61.0 Å². The third-order valence-corrected chi connectivity index (χ3v) is 3.74. The summed E-state index contributed by atoms with van der Waals surface area (Å²) < 4.78 is 5.35. The van der Waals surface area contributed by atoms with Gasteiger partial charge in [-0.15, -0.1) is 0 Å². The molecular formula is C22H16N2O2. The summed E-state index contributed by atoms with van der Waals surface area (Å²) in [5, 5.41) is 8.79. The molecule has 0 aliphatic carbocycles. The Kier molecular flexibility index (Phi) is 5.21. The van der Waals surface area contributed by atoms with E-state index in [0.717, 1.165) is 16.8 Å². The first-order chi connectivity index (χ1) is 12.6. The van der Waals surface area contributed by atoms with E-state index in [9.17, 15) is 4.79 Å². The minimum absolute atomic E-state index is 0.399. The number of nitriles is 1. The summed E-state index contributed by atoms with van der Waals surface area (Å²) >= 11 is 0. The van der Waals surface area contributed by atoms with E-state index in [1.165, 1.54) is 0 Å². The van der Waals surface area contributed by atoms with Crippen molar-refractivity contribution in [2.45, 2.75) is 6.92 Å². The van der Waals surface area contributed by atoms with Crippen LogP contribution in [0.1, 0.15) is 27.0 Å². The van der Waals surface area contributed by atoms with Gasteiger partial charge in [0.25, 0.3) is 0 Å².